The molecule has 1 aliphatic rings. The Morgan fingerprint density at radius 2 is 1.95 bits per heavy atom. The number of rotatable bonds is 3. The van der Waals surface area contributed by atoms with Gasteiger partial charge in [0.15, 0.2) is 0 Å². The van der Waals surface area contributed by atoms with Crippen LogP contribution in [0.1, 0.15) is 41.1 Å². The maximum absolute atomic E-state index is 11.9. The topological polar surface area (TPSA) is 49.3 Å². The zero-order valence-corrected chi connectivity index (χ0v) is 14.0. The third kappa shape index (κ3) is 2.63. The second-order valence-corrected chi connectivity index (χ2v) is 7.79. The largest absolute Gasteiger partial charge is 0.478 e. The first-order valence-corrected chi connectivity index (χ1v) is 8.39. The fourth-order valence-corrected chi connectivity index (χ4v) is 4.45. The Balaban J connectivity index is 2.12. The van der Waals surface area contributed by atoms with Gasteiger partial charge in [-0.3, -0.25) is 0 Å². The first-order chi connectivity index (χ1) is 10.4. The molecule has 2 aromatic rings. The summed E-state index contributed by atoms with van der Waals surface area (Å²) in [7, 11) is 1.88. The van der Waals surface area contributed by atoms with E-state index in [0.29, 0.717) is 5.56 Å². The van der Waals surface area contributed by atoms with Gasteiger partial charge in [-0.2, -0.15) is 0 Å². The molecule has 0 bridgehead atoms. The lowest BCUT2D eigenvalue weighted by molar-refractivity contribution is 0.0696. The zero-order valence-electron chi connectivity index (χ0n) is 13.2. The smallest absolute Gasteiger partial charge is 0.337 e. The molecule has 0 saturated heterocycles. The van der Waals surface area contributed by atoms with E-state index in [1.165, 1.54) is 4.88 Å². The molecule has 116 valence electrons. The van der Waals surface area contributed by atoms with Gasteiger partial charge in [0.25, 0.3) is 0 Å². The van der Waals surface area contributed by atoms with Gasteiger partial charge in [-0.05, 0) is 47.9 Å². The summed E-state index contributed by atoms with van der Waals surface area (Å²) in [4.78, 5) is 14.0. The molecule has 0 spiro atoms. The molecule has 0 atom stereocenters. The number of anilines is 1. The number of hydrogen-bond acceptors (Lipinski definition) is 3. The summed E-state index contributed by atoms with van der Waals surface area (Å²) in [5.41, 5.74) is 3.79. The molecule has 3 nitrogen and oxygen atoms in total. The predicted molar refractivity (Wildman–Crippen MR) is 92.1 cm³/mol. The molecule has 1 aliphatic carbocycles. The SMILES string of the molecule is CNc1ccc(-c2sc3c(c2C(=O)O)CC(C)(C)CC3)cc1. The maximum Gasteiger partial charge on any atom is 0.337 e. The van der Waals surface area contributed by atoms with Gasteiger partial charge in [-0.1, -0.05) is 26.0 Å². The van der Waals surface area contributed by atoms with Crippen molar-refractivity contribution in [3.63, 3.8) is 0 Å². The normalized spacial score (nSPS) is 16.1. The van der Waals surface area contributed by atoms with Crippen LogP contribution in [0.5, 0.6) is 0 Å². The molecule has 0 saturated carbocycles. The summed E-state index contributed by atoms with van der Waals surface area (Å²) >= 11 is 1.66. The van der Waals surface area contributed by atoms with Crippen LogP contribution in [0.15, 0.2) is 24.3 Å². The molecular formula is C18H21NO2S. The summed E-state index contributed by atoms with van der Waals surface area (Å²) in [6.45, 7) is 4.45. The van der Waals surface area contributed by atoms with Crippen molar-refractivity contribution >= 4 is 23.0 Å². The van der Waals surface area contributed by atoms with Crippen LogP contribution in [-0.2, 0) is 12.8 Å². The minimum Gasteiger partial charge on any atom is -0.478 e. The maximum atomic E-state index is 11.9. The molecule has 0 fully saturated rings. The van der Waals surface area contributed by atoms with Crippen LogP contribution in [-0.4, -0.2) is 18.1 Å². The Bertz CT molecular complexity index is 713. The summed E-state index contributed by atoms with van der Waals surface area (Å²) in [6.07, 6.45) is 2.97. The zero-order chi connectivity index (χ0) is 15.9. The van der Waals surface area contributed by atoms with Gasteiger partial charge in [0, 0.05) is 22.5 Å². The Morgan fingerprint density at radius 1 is 1.27 bits per heavy atom. The van der Waals surface area contributed by atoms with Crippen LogP contribution < -0.4 is 5.32 Å². The number of fused-ring (bicyclic) bond motifs is 1. The van der Waals surface area contributed by atoms with E-state index in [4.69, 9.17) is 0 Å². The molecule has 0 amide bonds. The van der Waals surface area contributed by atoms with Crippen molar-refractivity contribution in [2.24, 2.45) is 5.41 Å². The Kier molecular flexibility index (Phi) is 3.73. The molecule has 1 heterocycles. The quantitative estimate of drug-likeness (QED) is 0.865. The lowest BCUT2D eigenvalue weighted by Crippen LogP contribution is -2.22. The minimum atomic E-state index is -0.803. The highest BCUT2D eigenvalue weighted by molar-refractivity contribution is 7.16. The summed E-state index contributed by atoms with van der Waals surface area (Å²) in [6, 6.07) is 7.98. The first-order valence-electron chi connectivity index (χ1n) is 7.57. The molecule has 0 unspecified atom stereocenters. The van der Waals surface area contributed by atoms with E-state index < -0.39 is 5.97 Å². The van der Waals surface area contributed by atoms with Gasteiger partial charge >= 0.3 is 5.97 Å². The number of aryl methyl sites for hydroxylation is 1. The van der Waals surface area contributed by atoms with Crippen molar-refractivity contribution in [1.82, 2.24) is 0 Å². The highest BCUT2D eigenvalue weighted by Crippen LogP contribution is 2.45. The number of nitrogens with one attached hydrogen (secondary N) is 1. The fourth-order valence-electron chi connectivity index (χ4n) is 3.14. The van der Waals surface area contributed by atoms with Crippen LogP contribution in [0.2, 0.25) is 0 Å². The number of aromatic carboxylic acids is 1. The van der Waals surface area contributed by atoms with Crippen molar-refractivity contribution in [1.29, 1.82) is 0 Å². The molecule has 2 N–H and O–H groups in total. The number of carboxylic acid groups (broad SMARTS) is 1. The summed E-state index contributed by atoms with van der Waals surface area (Å²) in [5.74, 6) is -0.803. The fraction of sp³-hybridized carbons (Fsp3) is 0.389. The molecule has 4 heteroatoms. The monoisotopic (exact) mass is 315 g/mol. The number of benzene rings is 1. The van der Waals surface area contributed by atoms with Crippen LogP contribution in [0, 0.1) is 5.41 Å². The minimum absolute atomic E-state index is 0.186. The Hall–Kier alpha value is -1.81. The van der Waals surface area contributed by atoms with Crippen LogP contribution >= 0.6 is 11.3 Å². The van der Waals surface area contributed by atoms with Crippen molar-refractivity contribution in [3.05, 3.63) is 40.3 Å². The van der Waals surface area contributed by atoms with E-state index in [1.54, 1.807) is 11.3 Å². The van der Waals surface area contributed by atoms with E-state index in [2.05, 4.69) is 19.2 Å². The van der Waals surface area contributed by atoms with Gasteiger partial charge in [0.05, 0.1) is 5.56 Å². The molecule has 0 aliphatic heterocycles. The third-order valence-corrected chi connectivity index (χ3v) is 5.77. The highest BCUT2D eigenvalue weighted by atomic mass is 32.1. The average Bonchev–Trinajstić information content (AvgIpc) is 2.84. The molecule has 1 aromatic carbocycles. The number of carbonyl (C=O) groups is 1. The van der Waals surface area contributed by atoms with E-state index in [-0.39, 0.29) is 5.41 Å². The predicted octanol–water partition coefficient (Wildman–Crippen LogP) is 4.67. The molecule has 3 rings (SSSR count). The number of hydrogen-bond donors (Lipinski definition) is 2. The van der Waals surface area contributed by atoms with E-state index in [0.717, 1.165) is 41.0 Å². The van der Waals surface area contributed by atoms with E-state index >= 15 is 0 Å². The van der Waals surface area contributed by atoms with Crippen LogP contribution in [0.25, 0.3) is 10.4 Å². The molecule has 22 heavy (non-hydrogen) atoms. The second kappa shape index (κ2) is 5.43. The van der Waals surface area contributed by atoms with Gasteiger partial charge in [-0.25, -0.2) is 4.79 Å². The summed E-state index contributed by atoms with van der Waals surface area (Å²) in [5, 5.41) is 12.8. The Labute approximate surface area is 135 Å². The first kappa shape index (κ1) is 15.1. The van der Waals surface area contributed by atoms with Crippen molar-refractivity contribution < 1.29 is 9.90 Å². The lowest BCUT2D eigenvalue weighted by atomic mass is 9.76. The van der Waals surface area contributed by atoms with Crippen LogP contribution in [0.3, 0.4) is 0 Å². The molecule has 1 aromatic heterocycles. The van der Waals surface area contributed by atoms with Crippen LogP contribution in [0.4, 0.5) is 5.69 Å². The van der Waals surface area contributed by atoms with Crippen molar-refractivity contribution in [2.45, 2.75) is 33.1 Å². The standard InChI is InChI=1S/C18H21NO2S/c1-18(2)9-8-14-13(10-18)15(17(20)21)16(22-14)11-4-6-12(19-3)7-5-11/h4-7,19H,8-10H2,1-3H3,(H,20,21). The van der Waals surface area contributed by atoms with E-state index in [1.807, 2.05) is 31.3 Å². The highest BCUT2D eigenvalue weighted by Gasteiger charge is 2.32. The Morgan fingerprint density at radius 3 is 2.55 bits per heavy atom. The van der Waals surface area contributed by atoms with Gasteiger partial charge in [0.2, 0.25) is 0 Å². The van der Waals surface area contributed by atoms with Crippen molar-refractivity contribution in [2.75, 3.05) is 12.4 Å². The van der Waals surface area contributed by atoms with Gasteiger partial charge in [0.1, 0.15) is 0 Å². The lowest BCUT2D eigenvalue weighted by Gasteiger charge is -2.29. The number of thiophene rings is 1. The number of carboxylic acids is 1. The van der Waals surface area contributed by atoms with E-state index in [9.17, 15) is 9.90 Å². The molecular weight excluding hydrogens is 294 g/mol. The van der Waals surface area contributed by atoms with Crippen molar-refractivity contribution in [3.8, 4) is 10.4 Å². The third-order valence-electron chi connectivity index (χ3n) is 4.42. The van der Waals surface area contributed by atoms with Gasteiger partial charge < -0.3 is 10.4 Å². The average molecular weight is 315 g/mol. The summed E-state index contributed by atoms with van der Waals surface area (Å²) < 4.78 is 0. The second-order valence-electron chi connectivity index (χ2n) is 6.68. The molecule has 0 radical (unpaired) electrons. The van der Waals surface area contributed by atoms with Gasteiger partial charge in [-0.15, -0.1) is 11.3 Å².